The predicted octanol–water partition coefficient (Wildman–Crippen LogP) is 4.59. The molecule has 2 rings (SSSR count). The van der Waals surface area contributed by atoms with E-state index in [4.69, 9.17) is 5.32 Å². The molecular weight excluding hydrogens is 512 g/mol. The smallest absolute Gasteiger partial charge is 1.00 e. The summed E-state index contributed by atoms with van der Waals surface area (Å²) in [6.07, 6.45) is 2.17. The van der Waals surface area contributed by atoms with Gasteiger partial charge in [-0.2, -0.15) is 5.70 Å². The van der Waals surface area contributed by atoms with Gasteiger partial charge in [0.25, 0.3) is 0 Å². The van der Waals surface area contributed by atoms with E-state index >= 15 is 0 Å². The minimum absolute atomic E-state index is 0. The molecule has 0 radical (unpaired) electrons. The minimum atomic E-state index is 0. The maximum atomic E-state index is 5.10. The zero-order chi connectivity index (χ0) is 23.3. The molecule has 0 saturated heterocycles. The summed E-state index contributed by atoms with van der Waals surface area (Å²) in [5.74, 6) is 1.82. The Balaban J connectivity index is 0.00000512. The molecule has 2 aromatic carbocycles. The van der Waals surface area contributed by atoms with Crippen LogP contribution in [0.4, 0.5) is 11.4 Å². The Labute approximate surface area is 224 Å². The van der Waals surface area contributed by atoms with Crippen LogP contribution in [0.3, 0.4) is 0 Å². The molecule has 0 aliphatic heterocycles. The third-order valence-electron chi connectivity index (χ3n) is 5.75. The number of nitrogens with one attached hydrogen (secondary N) is 1. The standard InChI is InChI=1S/C29H41N2.Be.HI/c1-18(2)24-13-11-14-25(19(3)4)28(24)30-22(9)17-23(10)31-29-26(20(5)6)15-12-16-27(29)21(7)8;;/h11-21H,1-10H3;;1H/q-1;+2;/b22-17-,31-23?;;. The van der Waals surface area contributed by atoms with E-state index in [0.29, 0.717) is 23.7 Å². The number of hydrogen-bond donors (Lipinski definition) is 1. The van der Waals surface area contributed by atoms with Gasteiger partial charge in [0.05, 0.1) is 0 Å². The van der Waals surface area contributed by atoms with Crippen LogP contribution in [0.5, 0.6) is 0 Å². The van der Waals surface area contributed by atoms with Crippen LogP contribution in [0, 0.1) is 0 Å². The van der Waals surface area contributed by atoms with Gasteiger partial charge in [0.15, 0.2) is 5.71 Å². The van der Waals surface area contributed by atoms with Crippen molar-refractivity contribution >= 4 is 27.2 Å². The second kappa shape index (κ2) is 14.1. The topological polar surface area (TPSA) is 28.1 Å². The monoisotopic (exact) mass is 554 g/mol. The third kappa shape index (κ3) is 8.37. The van der Waals surface area contributed by atoms with Gasteiger partial charge in [0.2, 0.25) is 5.69 Å². The number of benzene rings is 2. The van der Waals surface area contributed by atoms with Crippen LogP contribution >= 0.6 is 0 Å². The molecule has 2 aromatic rings. The molecule has 176 valence electrons. The predicted molar refractivity (Wildman–Crippen MR) is 143 cm³/mol. The Bertz CT molecular complexity index is 904. The first-order chi connectivity index (χ1) is 14.5. The summed E-state index contributed by atoms with van der Waals surface area (Å²) in [6.45, 7) is 22.2. The maximum absolute atomic E-state index is 5.10. The Kier molecular flexibility index (Phi) is 13.4. The molecule has 2 nitrogen and oxygen atoms in total. The fourth-order valence-corrected chi connectivity index (χ4v) is 4.09. The first kappa shape index (κ1) is 31.5. The van der Waals surface area contributed by atoms with Crippen molar-refractivity contribution in [2.24, 2.45) is 0 Å². The van der Waals surface area contributed by atoms with E-state index < -0.39 is 0 Å². The second-order valence-corrected chi connectivity index (χ2v) is 9.92. The first-order valence-electron chi connectivity index (χ1n) is 11.8. The van der Waals surface area contributed by atoms with Gasteiger partial charge in [0.1, 0.15) is 0 Å². The Morgan fingerprint density at radius 3 is 1.42 bits per heavy atom. The van der Waals surface area contributed by atoms with Gasteiger partial charge in [-0.3, -0.25) is 0 Å². The summed E-state index contributed by atoms with van der Waals surface area (Å²) in [5, 5.41) is 5.10. The molecule has 0 heterocycles. The van der Waals surface area contributed by atoms with Crippen molar-refractivity contribution < 1.29 is 29.0 Å². The normalized spacial score (nSPS) is 12.3. The molecule has 1 N–H and O–H groups in total. The Hall–Kier alpha value is -1.45. The van der Waals surface area contributed by atoms with Crippen molar-refractivity contribution in [1.82, 2.24) is 0 Å². The largest absolute Gasteiger partial charge is 2.00 e. The van der Waals surface area contributed by atoms with Gasteiger partial charge in [0, 0.05) is 18.1 Å². The number of rotatable bonds is 8. The van der Waals surface area contributed by atoms with Crippen LogP contribution in [0.1, 0.15) is 115 Å². The number of para-hydroxylation sites is 2. The molecule has 33 heavy (non-hydrogen) atoms. The van der Waals surface area contributed by atoms with Gasteiger partial charge in [-0.05, 0) is 29.7 Å². The number of halogens is 1. The summed E-state index contributed by atoms with van der Waals surface area (Å²) in [4.78, 5) is 3.71. The van der Waals surface area contributed by atoms with Crippen LogP contribution in [0.2, 0.25) is 0 Å². The fraction of sp³-hybridized carbons (Fsp3) is 0.483. The molecule has 4 heteroatoms. The van der Waals surface area contributed by atoms with E-state index in [1.54, 1.807) is 0 Å². The molecule has 0 bridgehead atoms. The van der Waals surface area contributed by atoms with Crippen molar-refractivity contribution in [2.75, 3.05) is 0 Å². The van der Waals surface area contributed by atoms with Crippen LogP contribution in [0.15, 0.2) is 48.2 Å². The van der Waals surface area contributed by atoms with Gasteiger partial charge < -0.3 is 29.3 Å². The van der Waals surface area contributed by atoms with Crippen molar-refractivity contribution in [3.05, 3.63) is 75.7 Å². The van der Waals surface area contributed by atoms with Crippen molar-refractivity contribution in [1.29, 1.82) is 0 Å². The van der Waals surface area contributed by atoms with Gasteiger partial charge in [-0.15, -0.1) is 5.69 Å². The molecule has 0 atom stereocenters. The summed E-state index contributed by atoms with van der Waals surface area (Å²) in [5.41, 5.74) is 9.88. The summed E-state index contributed by atoms with van der Waals surface area (Å²) < 4.78 is 0. The number of nitrogens with zero attached hydrogens (tertiary/aromatic N) is 1. The summed E-state index contributed by atoms with van der Waals surface area (Å²) in [6, 6.07) is 13.2. The van der Waals surface area contributed by atoms with E-state index in [-0.39, 0.29) is 34.1 Å². The molecule has 0 aliphatic rings. The molecule has 0 aliphatic carbocycles. The number of allylic oxidation sites excluding steroid dienone is 2. The maximum Gasteiger partial charge on any atom is 2.00 e. The van der Waals surface area contributed by atoms with Crippen LogP contribution in [-0.2, 0) is 0 Å². The SMILES string of the molecule is CC(/C=C(/C)[N-]c1c(C(C)C)cccc1C(C)C)=[NH+]c1c(C(C)C)cccc1C(C)C.[Be+2].[I-]. The second-order valence-electron chi connectivity index (χ2n) is 9.92. The average Bonchev–Trinajstić information content (AvgIpc) is 2.67. The molecule has 0 fully saturated rings. The Morgan fingerprint density at radius 1 is 0.697 bits per heavy atom. The van der Waals surface area contributed by atoms with Crippen LogP contribution in [0.25, 0.3) is 5.32 Å². The molecule has 0 unspecified atom stereocenters. The van der Waals surface area contributed by atoms with Crippen molar-refractivity contribution in [3.8, 4) is 0 Å². The summed E-state index contributed by atoms with van der Waals surface area (Å²) in [7, 11) is 0. The van der Waals surface area contributed by atoms with Gasteiger partial charge in [-0.1, -0.05) is 110 Å². The zero-order valence-electron chi connectivity index (χ0n) is 22.4. The van der Waals surface area contributed by atoms with E-state index in [1.165, 1.54) is 27.9 Å². The van der Waals surface area contributed by atoms with Gasteiger partial charge >= 0.3 is 10.1 Å². The van der Waals surface area contributed by atoms with Crippen LogP contribution in [-0.4, -0.2) is 15.8 Å². The van der Waals surface area contributed by atoms with E-state index in [9.17, 15) is 0 Å². The average molecular weight is 555 g/mol. The molecule has 0 amide bonds. The van der Waals surface area contributed by atoms with Crippen molar-refractivity contribution in [2.45, 2.75) is 92.9 Å². The fourth-order valence-electron chi connectivity index (χ4n) is 4.09. The Morgan fingerprint density at radius 2 is 1.06 bits per heavy atom. The van der Waals surface area contributed by atoms with Gasteiger partial charge in [-0.25, -0.2) is 4.99 Å². The van der Waals surface area contributed by atoms with Crippen LogP contribution < -0.4 is 29.0 Å². The third-order valence-corrected chi connectivity index (χ3v) is 5.75. The molecule has 0 spiro atoms. The molecule has 0 saturated carbocycles. The van der Waals surface area contributed by atoms with Crippen molar-refractivity contribution in [3.63, 3.8) is 0 Å². The summed E-state index contributed by atoms with van der Waals surface area (Å²) >= 11 is 0. The van der Waals surface area contributed by atoms with E-state index in [0.717, 1.165) is 17.1 Å². The molecular formula is C29H42BeIN2+. The number of hydrogen-bond acceptors (Lipinski definition) is 0. The van der Waals surface area contributed by atoms with E-state index in [1.807, 2.05) is 0 Å². The quantitative estimate of drug-likeness (QED) is 0.281. The zero-order valence-corrected chi connectivity index (χ0v) is 24.5. The van der Waals surface area contributed by atoms with E-state index in [2.05, 4.69) is 117 Å². The molecule has 0 aromatic heterocycles. The minimum Gasteiger partial charge on any atom is -1.00 e. The first-order valence-corrected chi connectivity index (χ1v) is 11.8.